The molecule has 0 aliphatic carbocycles. The van der Waals surface area contributed by atoms with Crippen LogP contribution in [0.4, 0.5) is 8.78 Å². The minimum Gasteiger partial charge on any atom is -0.468 e. The van der Waals surface area contributed by atoms with Crippen LogP contribution < -0.4 is 5.73 Å². The fourth-order valence-electron chi connectivity index (χ4n) is 1.36. The average Bonchev–Trinajstić information content (AvgIpc) is 2.28. The van der Waals surface area contributed by atoms with Crippen LogP contribution in [0.15, 0.2) is 12.1 Å². The first kappa shape index (κ1) is 12.6. The molecule has 0 saturated heterocycles. The van der Waals surface area contributed by atoms with Crippen molar-refractivity contribution in [3.63, 3.8) is 0 Å². The topological polar surface area (TPSA) is 52.3 Å². The molecule has 88 valence electrons. The summed E-state index contributed by atoms with van der Waals surface area (Å²) in [6, 6.07) is 1.42. The van der Waals surface area contributed by atoms with Gasteiger partial charge in [-0.3, -0.25) is 4.79 Å². The molecule has 0 aliphatic rings. The van der Waals surface area contributed by atoms with Gasteiger partial charge >= 0.3 is 5.97 Å². The maximum absolute atomic E-state index is 13.5. The van der Waals surface area contributed by atoms with Crippen LogP contribution in [0, 0.1) is 18.6 Å². The van der Waals surface area contributed by atoms with Gasteiger partial charge in [0.05, 0.1) is 7.11 Å². The van der Waals surface area contributed by atoms with E-state index in [1.807, 2.05) is 0 Å². The van der Waals surface area contributed by atoms with Crippen LogP contribution in [0.2, 0.25) is 0 Å². The zero-order chi connectivity index (χ0) is 12.3. The lowest BCUT2D eigenvalue weighted by atomic mass is 10.0. The standard InChI is InChI=1S/C11H13F2NO2/c1-6-3-4-8(12)7(10(6)13)5-9(14)11(15)16-2/h3-4,9H,5,14H2,1-2H3/t9-/m0/s1. The van der Waals surface area contributed by atoms with Gasteiger partial charge in [-0.25, -0.2) is 8.78 Å². The summed E-state index contributed by atoms with van der Waals surface area (Å²) < 4.78 is 31.2. The Bertz CT molecular complexity index is 407. The third-order valence-corrected chi connectivity index (χ3v) is 2.31. The van der Waals surface area contributed by atoms with E-state index in [4.69, 9.17) is 5.73 Å². The molecule has 0 unspecified atom stereocenters. The van der Waals surface area contributed by atoms with E-state index in [0.29, 0.717) is 5.56 Å². The lowest BCUT2D eigenvalue weighted by molar-refractivity contribution is -0.142. The molecule has 5 heteroatoms. The smallest absolute Gasteiger partial charge is 0.322 e. The van der Waals surface area contributed by atoms with Gasteiger partial charge in [0.25, 0.3) is 0 Å². The third kappa shape index (κ3) is 2.55. The number of benzene rings is 1. The van der Waals surface area contributed by atoms with Gasteiger partial charge in [0.15, 0.2) is 0 Å². The van der Waals surface area contributed by atoms with Gasteiger partial charge in [0, 0.05) is 12.0 Å². The first-order chi connectivity index (χ1) is 7.47. The quantitative estimate of drug-likeness (QED) is 0.795. The number of methoxy groups -OCH3 is 1. The van der Waals surface area contributed by atoms with Crippen LogP contribution in [0.1, 0.15) is 11.1 Å². The van der Waals surface area contributed by atoms with E-state index in [2.05, 4.69) is 4.74 Å². The molecule has 1 rings (SSSR count). The van der Waals surface area contributed by atoms with Crippen molar-refractivity contribution in [2.45, 2.75) is 19.4 Å². The SMILES string of the molecule is COC(=O)[C@@H](N)Cc1c(F)ccc(C)c1F. The number of nitrogens with two attached hydrogens (primary N) is 1. The van der Waals surface area contributed by atoms with E-state index in [1.54, 1.807) is 0 Å². The van der Waals surface area contributed by atoms with Crippen molar-refractivity contribution in [2.24, 2.45) is 5.73 Å². The van der Waals surface area contributed by atoms with Crippen molar-refractivity contribution in [2.75, 3.05) is 7.11 Å². The summed E-state index contributed by atoms with van der Waals surface area (Å²) in [7, 11) is 1.17. The largest absolute Gasteiger partial charge is 0.468 e. The summed E-state index contributed by atoms with van der Waals surface area (Å²) in [6.07, 6.45) is -0.216. The molecule has 0 saturated carbocycles. The molecule has 1 aromatic rings. The highest BCUT2D eigenvalue weighted by Gasteiger charge is 2.20. The number of hydrogen-bond acceptors (Lipinski definition) is 3. The summed E-state index contributed by atoms with van der Waals surface area (Å²) in [5.41, 5.74) is 5.57. The van der Waals surface area contributed by atoms with Crippen molar-refractivity contribution >= 4 is 5.97 Å². The van der Waals surface area contributed by atoms with E-state index >= 15 is 0 Å². The Hall–Kier alpha value is -1.49. The molecule has 2 N–H and O–H groups in total. The highest BCUT2D eigenvalue weighted by Crippen LogP contribution is 2.17. The van der Waals surface area contributed by atoms with Crippen LogP contribution in [-0.2, 0) is 16.0 Å². The minimum absolute atomic E-state index is 0.182. The number of halogens is 2. The Morgan fingerprint density at radius 2 is 2.12 bits per heavy atom. The normalized spacial score (nSPS) is 12.3. The van der Waals surface area contributed by atoms with E-state index in [0.717, 1.165) is 6.07 Å². The Morgan fingerprint density at radius 1 is 1.50 bits per heavy atom. The second kappa shape index (κ2) is 5.03. The fourth-order valence-corrected chi connectivity index (χ4v) is 1.36. The van der Waals surface area contributed by atoms with Gasteiger partial charge in [-0.1, -0.05) is 6.07 Å². The average molecular weight is 229 g/mol. The molecule has 0 aromatic heterocycles. The predicted octanol–water partition coefficient (Wildman–Crippen LogP) is 1.32. The summed E-state index contributed by atoms with van der Waals surface area (Å²) in [5.74, 6) is -2.07. The summed E-state index contributed by atoms with van der Waals surface area (Å²) in [4.78, 5) is 11.0. The zero-order valence-electron chi connectivity index (χ0n) is 9.09. The van der Waals surface area contributed by atoms with Crippen LogP contribution in [-0.4, -0.2) is 19.1 Å². The second-order valence-electron chi connectivity index (χ2n) is 3.49. The van der Waals surface area contributed by atoms with Crippen molar-refractivity contribution < 1.29 is 18.3 Å². The Balaban J connectivity index is 2.97. The van der Waals surface area contributed by atoms with Crippen molar-refractivity contribution in [3.05, 3.63) is 34.9 Å². The number of carbonyl (C=O) groups excluding carboxylic acids is 1. The maximum Gasteiger partial charge on any atom is 0.322 e. The molecule has 0 fully saturated rings. The number of ether oxygens (including phenoxy) is 1. The van der Waals surface area contributed by atoms with E-state index in [9.17, 15) is 13.6 Å². The molecule has 0 spiro atoms. The molecule has 0 amide bonds. The molecular weight excluding hydrogens is 216 g/mol. The van der Waals surface area contributed by atoms with E-state index in [-0.39, 0.29) is 12.0 Å². The van der Waals surface area contributed by atoms with Gasteiger partial charge in [0.1, 0.15) is 17.7 Å². The van der Waals surface area contributed by atoms with Crippen LogP contribution in [0.5, 0.6) is 0 Å². The first-order valence-corrected chi connectivity index (χ1v) is 4.74. The predicted molar refractivity (Wildman–Crippen MR) is 54.8 cm³/mol. The van der Waals surface area contributed by atoms with Crippen LogP contribution in [0.3, 0.4) is 0 Å². The van der Waals surface area contributed by atoms with Gasteiger partial charge in [0.2, 0.25) is 0 Å². The van der Waals surface area contributed by atoms with E-state index < -0.39 is 23.6 Å². The van der Waals surface area contributed by atoms with Gasteiger partial charge in [-0.05, 0) is 18.6 Å². The molecule has 1 aromatic carbocycles. The second-order valence-corrected chi connectivity index (χ2v) is 3.49. The van der Waals surface area contributed by atoms with Gasteiger partial charge in [-0.2, -0.15) is 0 Å². The Kier molecular flexibility index (Phi) is 3.95. The third-order valence-electron chi connectivity index (χ3n) is 2.31. The molecule has 0 heterocycles. The fraction of sp³-hybridized carbons (Fsp3) is 0.364. The molecule has 1 atom stereocenters. The first-order valence-electron chi connectivity index (χ1n) is 4.74. The maximum atomic E-state index is 13.5. The lowest BCUT2D eigenvalue weighted by Gasteiger charge is -2.11. The van der Waals surface area contributed by atoms with Crippen LogP contribution >= 0.6 is 0 Å². The Morgan fingerprint density at radius 3 is 2.69 bits per heavy atom. The number of carbonyl (C=O) groups is 1. The summed E-state index contributed by atoms with van der Waals surface area (Å²) in [6.45, 7) is 1.52. The molecular formula is C11H13F2NO2. The van der Waals surface area contributed by atoms with E-state index in [1.165, 1.54) is 20.1 Å². The highest BCUT2D eigenvalue weighted by atomic mass is 19.1. The zero-order valence-corrected chi connectivity index (χ0v) is 9.09. The Labute approximate surface area is 92.2 Å². The summed E-state index contributed by atoms with van der Waals surface area (Å²) >= 11 is 0. The number of aryl methyl sites for hydroxylation is 1. The van der Waals surface area contributed by atoms with Gasteiger partial charge in [-0.15, -0.1) is 0 Å². The molecule has 3 nitrogen and oxygen atoms in total. The van der Waals surface area contributed by atoms with Crippen molar-refractivity contribution in [1.82, 2.24) is 0 Å². The number of esters is 1. The molecule has 16 heavy (non-hydrogen) atoms. The highest BCUT2D eigenvalue weighted by molar-refractivity contribution is 5.75. The minimum atomic E-state index is -1.06. The van der Waals surface area contributed by atoms with Crippen molar-refractivity contribution in [1.29, 1.82) is 0 Å². The lowest BCUT2D eigenvalue weighted by Crippen LogP contribution is -2.34. The molecule has 0 radical (unpaired) electrons. The number of hydrogen-bond donors (Lipinski definition) is 1. The summed E-state index contributed by atoms with van der Waals surface area (Å²) in [5, 5.41) is 0. The van der Waals surface area contributed by atoms with Gasteiger partial charge < -0.3 is 10.5 Å². The number of rotatable bonds is 3. The van der Waals surface area contributed by atoms with Crippen LogP contribution in [0.25, 0.3) is 0 Å². The van der Waals surface area contributed by atoms with Crippen molar-refractivity contribution in [3.8, 4) is 0 Å². The molecule has 0 bridgehead atoms. The molecule has 0 aliphatic heterocycles. The monoisotopic (exact) mass is 229 g/mol.